The van der Waals surface area contributed by atoms with Crippen LogP contribution >= 0.6 is 11.8 Å². The van der Waals surface area contributed by atoms with Crippen LogP contribution < -0.4 is 10.9 Å². The highest BCUT2D eigenvalue weighted by Gasteiger charge is 2.29. The van der Waals surface area contributed by atoms with Gasteiger partial charge in [-0.2, -0.15) is 5.10 Å². The lowest BCUT2D eigenvalue weighted by atomic mass is 10.1. The minimum Gasteiger partial charge on any atom is -0.354 e. The number of rotatable bonds is 9. The molecular weight excluding hydrogens is 364 g/mol. The van der Waals surface area contributed by atoms with E-state index in [1.807, 2.05) is 6.92 Å². The fraction of sp³-hybridized carbons (Fsp3) is 0.667. The summed E-state index contributed by atoms with van der Waals surface area (Å²) in [5.74, 6) is 0.675. The topological polar surface area (TPSA) is 95.9 Å². The fourth-order valence-corrected chi connectivity index (χ4v) is 4.62. The van der Waals surface area contributed by atoms with Crippen molar-refractivity contribution in [3.8, 4) is 0 Å². The highest BCUT2D eigenvalue weighted by Crippen LogP contribution is 2.32. The second-order valence-electron chi connectivity index (χ2n) is 7.01. The first-order valence-electron chi connectivity index (χ1n) is 9.63. The average Bonchev–Trinajstić information content (AvgIpc) is 3.26. The third kappa shape index (κ3) is 4.52. The Kier molecular flexibility index (Phi) is 6.54. The quantitative estimate of drug-likeness (QED) is 0.632. The van der Waals surface area contributed by atoms with Crippen molar-refractivity contribution < 1.29 is 4.79 Å². The van der Waals surface area contributed by atoms with E-state index < -0.39 is 0 Å². The van der Waals surface area contributed by atoms with E-state index in [0.29, 0.717) is 28.4 Å². The van der Waals surface area contributed by atoms with Gasteiger partial charge in [0.2, 0.25) is 5.91 Å². The minimum atomic E-state index is -0.160. The average molecular weight is 393 g/mol. The summed E-state index contributed by atoms with van der Waals surface area (Å²) in [7, 11) is 0. The van der Waals surface area contributed by atoms with E-state index in [9.17, 15) is 9.59 Å². The van der Waals surface area contributed by atoms with Crippen molar-refractivity contribution >= 4 is 28.7 Å². The molecule has 148 valence electrons. The first-order chi connectivity index (χ1) is 13.0. The summed E-state index contributed by atoms with van der Waals surface area (Å²) in [5.41, 5.74) is 0.379. The molecule has 1 amide bonds. The molecule has 0 aromatic carbocycles. The maximum Gasteiger partial charge on any atom is 0.265 e. The number of amides is 1. The van der Waals surface area contributed by atoms with E-state index >= 15 is 0 Å². The van der Waals surface area contributed by atoms with Crippen molar-refractivity contribution in [2.45, 2.75) is 57.3 Å². The molecule has 0 saturated heterocycles. The van der Waals surface area contributed by atoms with E-state index in [-0.39, 0.29) is 23.6 Å². The summed E-state index contributed by atoms with van der Waals surface area (Å²) in [5, 5.41) is 10.8. The molecule has 3 heterocycles. The van der Waals surface area contributed by atoms with Crippen LogP contribution in [0.3, 0.4) is 0 Å². The molecule has 0 aliphatic carbocycles. The molecule has 2 N–H and O–H groups in total. The Labute approximate surface area is 163 Å². The van der Waals surface area contributed by atoms with Crippen LogP contribution in [0.15, 0.2) is 16.1 Å². The number of fused-ring (bicyclic) bond motifs is 2. The molecule has 0 radical (unpaired) electrons. The number of carbonyl (C=O) groups is 1. The van der Waals surface area contributed by atoms with Crippen LogP contribution in [0.5, 0.6) is 0 Å². The molecule has 27 heavy (non-hydrogen) atoms. The molecule has 0 saturated carbocycles. The van der Waals surface area contributed by atoms with Gasteiger partial charge in [0.05, 0.1) is 12.2 Å². The Hall–Kier alpha value is -1.87. The zero-order valence-corrected chi connectivity index (χ0v) is 17.0. The predicted octanol–water partition coefficient (Wildman–Crippen LogP) is 1.78. The standard InChI is InChI=1S/C18H28N6O2S/c1-4-23(5-2)8-6-7-12(3)20-15(25)9-13-11-27-18-21-16-14(10-19-22-16)17(26)24(13)18/h10,12-13H,4-9,11H2,1-3H3,(H,19,22)(H,20,25). The summed E-state index contributed by atoms with van der Waals surface area (Å²) in [4.78, 5) is 32.0. The van der Waals surface area contributed by atoms with Crippen molar-refractivity contribution in [3.05, 3.63) is 16.6 Å². The summed E-state index contributed by atoms with van der Waals surface area (Å²) < 4.78 is 1.65. The van der Waals surface area contributed by atoms with Crippen molar-refractivity contribution in [1.29, 1.82) is 0 Å². The van der Waals surface area contributed by atoms with Gasteiger partial charge < -0.3 is 10.2 Å². The Balaban J connectivity index is 1.55. The second-order valence-corrected chi connectivity index (χ2v) is 8.00. The van der Waals surface area contributed by atoms with Gasteiger partial charge in [-0.3, -0.25) is 19.3 Å². The van der Waals surface area contributed by atoms with Crippen LogP contribution in [0.1, 0.15) is 46.1 Å². The van der Waals surface area contributed by atoms with Gasteiger partial charge in [0.1, 0.15) is 5.39 Å². The Morgan fingerprint density at radius 3 is 3.00 bits per heavy atom. The molecule has 0 bridgehead atoms. The minimum absolute atomic E-state index is 0.0111. The molecule has 1 aliphatic rings. The fourth-order valence-electron chi connectivity index (χ4n) is 3.49. The monoisotopic (exact) mass is 392 g/mol. The summed E-state index contributed by atoms with van der Waals surface area (Å²) in [6, 6.07) is -0.0278. The molecular formula is C18H28N6O2S. The molecule has 2 aromatic rings. The molecule has 8 nitrogen and oxygen atoms in total. The third-order valence-corrected chi connectivity index (χ3v) is 6.18. The number of nitrogens with one attached hydrogen (secondary N) is 2. The third-order valence-electron chi connectivity index (χ3n) is 5.09. The number of hydrogen-bond donors (Lipinski definition) is 2. The Bertz CT molecular complexity index is 844. The highest BCUT2D eigenvalue weighted by atomic mass is 32.2. The Morgan fingerprint density at radius 1 is 1.48 bits per heavy atom. The van der Waals surface area contributed by atoms with Crippen molar-refractivity contribution in [2.24, 2.45) is 0 Å². The van der Waals surface area contributed by atoms with Gasteiger partial charge in [-0.1, -0.05) is 25.6 Å². The lowest BCUT2D eigenvalue weighted by Gasteiger charge is -2.20. The second kappa shape index (κ2) is 8.88. The maximum atomic E-state index is 12.7. The van der Waals surface area contributed by atoms with Crippen LogP contribution in [0.25, 0.3) is 11.0 Å². The largest absolute Gasteiger partial charge is 0.354 e. The van der Waals surface area contributed by atoms with E-state index in [4.69, 9.17) is 0 Å². The molecule has 9 heteroatoms. The first-order valence-corrected chi connectivity index (χ1v) is 10.6. The van der Waals surface area contributed by atoms with Gasteiger partial charge in [-0.15, -0.1) is 0 Å². The SMILES string of the molecule is CCN(CC)CCCC(C)NC(=O)CC1CSc2nc3[nH]ncc3c(=O)n21. The van der Waals surface area contributed by atoms with Gasteiger partial charge >= 0.3 is 0 Å². The predicted molar refractivity (Wildman–Crippen MR) is 107 cm³/mol. The van der Waals surface area contributed by atoms with Crippen LogP contribution in [-0.2, 0) is 4.79 Å². The summed E-state index contributed by atoms with van der Waals surface area (Å²) >= 11 is 1.51. The van der Waals surface area contributed by atoms with E-state index in [0.717, 1.165) is 32.5 Å². The lowest BCUT2D eigenvalue weighted by molar-refractivity contribution is -0.122. The number of aromatic amines is 1. The van der Waals surface area contributed by atoms with E-state index in [1.165, 1.54) is 18.0 Å². The number of carbonyl (C=O) groups excluding carboxylic acids is 1. The highest BCUT2D eigenvalue weighted by molar-refractivity contribution is 7.99. The number of hydrogen-bond acceptors (Lipinski definition) is 6. The van der Waals surface area contributed by atoms with Gasteiger partial charge in [-0.25, -0.2) is 4.98 Å². The number of H-pyrrole nitrogens is 1. The van der Waals surface area contributed by atoms with Crippen LogP contribution in [0.4, 0.5) is 0 Å². The molecule has 2 aromatic heterocycles. The van der Waals surface area contributed by atoms with Gasteiger partial charge in [-0.05, 0) is 39.4 Å². The molecule has 3 rings (SSSR count). The van der Waals surface area contributed by atoms with Crippen molar-refractivity contribution in [3.63, 3.8) is 0 Å². The van der Waals surface area contributed by atoms with E-state index in [1.54, 1.807) is 4.57 Å². The molecule has 0 fully saturated rings. The van der Waals surface area contributed by atoms with Crippen molar-refractivity contribution in [2.75, 3.05) is 25.4 Å². The van der Waals surface area contributed by atoms with Crippen LogP contribution in [0, 0.1) is 0 Å². The summed E-state index contributed by atoms with van der Waals surface area (Å²) in [6.45, 7) is 9.55. The molecule has 2 unspecified atom stereocenters. The smallest absolute Gasteiger partial charge is 0.265 e. The molecule has 0 spiro atoms. The van der Waals surface area contributed by atoms with E-state index in [2.05, 4.69) is 39.2 Å². The zero-order chi connectivity index (χ0) is 19.4. The van der Waals surface area contributed by atoms with Gasteiger partial charge in [0, 0.05) is 18.2 Å². The van der Waals surface area contributed by atoms with Gasteiger partial charge in [0.25, 0.3) is 5.56 Å². The maximum absolute atomic E-state index is 12.7. The van der Waals surface area contributed by atoms with Crippen LogP contribution in [-0.4, -0.2) is 62.0 Å². The van der Waals surface area contributed by atoms with Gasteiger partial charge in [0.15, 0.2) is 10.8 Å². The Morgan fingerprint density at radius 2 is 2.26 bits per heavy atom. The first kappa shape index (κ1) is 19.9. The number of thioether (sulfide) groups is 1. The molecule has 2 atom stereocenters. The summed E-state index contributed by atoms with van der Waals surface area (Å²) in [6.07, 6.45) is 3.81. The van der Waals surface area contributed by atoms with Crippen molar-refractivity contribution in [1.82, 2.24) is 30.0 Å². The molecule has 1 aliphatic heterocycles. The normalized spacial score (nSPS) is 17.4. The zero-order valence-electron chi connectivity index (χ0n) is 16.2. The number of aromatic nitrogens is 4. The number of nitrogens with zero attached hydrogens (tertiary/aromatic N) is 4. The van der Waals surface area contributed by atoms with Crippen LogP contribution in [0.2, 0.25) is 0 Å². The lowest BCUT2D eigenvalue weighted by Crippen LogP contribution is -2.36.